The van der Waals surface area contributed by atoms with Crippen molar-refractivity contribution in [1.29, 1.82) is 0 Å². The van der Waals surface area contributed by atoms with Crippen molar-refractivity contribution in [2.24, 2.45) is 11.8 Å². The molecule has 2 amide bonds. The van der Waals surface area contributed by atoms with Crippen LogP contribution in [0.3, 0.4) is 0 Å². The Hall–Kier alpha value is -1.59. The molecule has 1 heterocycles. The second kappa shape index (κ2) is 8.15. The highest BCUT2D eigenvalue weighted by atomic mass is 16.5. The molecule has 0 radical (unpaired) electrons. The molecule has 0 spiro atoms. The van der Waals surface area contributed by atoms with Crippen LogP contribution >= 0.6 is 0 Å². The summed E-state index contributed by atoms with van der Waals surface area (Å²) in [5, 5.41) is 2.58. The summed E-state index contributed by atoms with van der Waals surface area (Å²) in [7, 11) is 1.27. The minimum absolute atomic E-state index is 0.0283. The van der Waals surface area contributed by atoms with Gasteiger partial charge in [-0.1, -0.05) is 27.7 Å². The first-order chi connectivity index (χ1) is 10.3. The molecule has 0 aliphatic carbocycles. The Labute approximate surface area is 132 Å². The maximum Gasteiger partial charge on any atom is 0.407 e. The zero-order chi connectivity index (χ0) is 16.9. The first-order valence-electron chi connectivity index (χ1n) is 7.92. The molecule has 1 fully saturated rings. The van der Waals surface area contributed by atoms with Crippen LogP contribution in [-0.2, 0) is 14.3 Å². The van der Waals surface area contributed by atoms with Crippen molar-refractivity contribution < 1.29 is 19.1 Å². The van der Waals surface area contributed by atoms with Gasteiger partial charge in [0, 0.05) is 25.4 Å². The van der Waals surface area contributed by atoms with Crippen LogP contribution in [0, 0.1) is 11.8 Å². The van der Waals surface area contributed by atoms with E-state index >= 15 is 0 Å². The van der Waals surface area contributed by atoms with E-state index in [-0.39, 0.29) is 23.7 Å². The molecule has 6 nitrogen and oxygen atoms in total. The molecule has 2 atom stereocenters. The van der Waals surface area contributed by atoms with E-state index in [1.54, 1.807) is 4.90 Å². The molecule has 1 saturated heterocycles. The fourth-order valence-electron chi connectivity index (χ4n) is 2.62. The molecule has 1 N–H and O–H groups in total. The Morgan fingerprint density at radius 2 is 1.86 bits per heavy atom. The normalized spacial score (nSPS) is 18.9. The van der Waals surface area contributed by atoms with Crippen LogP contribution in [0.1, 0.15) is 47.0 Å². The summed E-state index contributed by atoms with van der Waals surface area (Å²) in [6.07, 6.45) is 1.19. The molecule has 0 aromatic carbocycles. The molecule has 126 valence electrons. The number of methoxy groups -OCH3 is 1. The minimum Gasteiger partial charge on any atom is -0.453 e. The quantitative estimate of drug-likeness (QED) is 0.780. The first kappa shape index (κ1) is 18.5. The van der Waals surface area contributed by atoms with Crippen molar-refractivity contribution in [2.75, 3.05) is 13.7 Å². The monoisotopic (exact) mass is 312 g/mol. The van der Waals surface area contributed by atoms with E-state index in [1.165, 1.54) is 7.11 Å². The largest absolute Gasteiger partial charge is 0.453 e. The topological polar surface area (TPSA) is 75.7 Å². The molecule has 0 aromatic rings. The van der Waals surface area contributed by atoms with Crippen LogP contribution in [0.2, 0.25) is 0 Å². The van der Waals surface area contributed by atoms with Gasteiger partial charge >= 0.3 is 6.09 Å². The number of nitrogens with zero attached hydrogens (tertiary/aromatic N) is 1. The van der Waals surface area contributed by atoms with Gasteiger partial charge < -0.3 is 15.0 Å². The number of hydrogen-bond acceptors (Lipinski definition) is 4. The molecule has 6 heteroatoms. The van der Waals surface area contributed by atoms with Crippen molar-refractivity contribution >= 4 is 17.8 Å². The van der Waals surface area contributed by atoms with E-state index in [0.717, 1.165) is 6.42 Å². The smallest absolute Gasteiger partial charge is 0.407 e. The van der Waals surface area contributed by atoms with Crippen LogP contribution in [0.25, 0.3) is 0 Å². The summed E-state index contributed by atoms with van der Waals surface area (Å²) in [4.78, 5) is 37.6. The van der Waals surface area contributed by atoms with Gasteiger partial charge in [-0.25, -0.2) is 4.79 Å². The number of rotatable bonds is 7. The number of Topliss-reactive ketones (excluding diaryl/α,β-unsaturated/α-hetero) is 1. The van der Waals surface area contributed by atoms with E-state index in [0.29, 0.717) is 25.3 Å². The maximum atomic E-state index is 12.6. The van der Waals surface area contributed by atoms with Crippen molar-refractivity contribution in [3.63, 3.8) is 0 Å². The third-order valence-electron chi connectivity index (χ3n) is 3.92. The van der Waals surface area contributed by atoms with E-state index in [2.05, 4.69) is 10.1 Å². The van der Waals surface area contributed by atoms with E-state index in [4.69, 9.17) is 0 Å². The van der Waals surface area contributed by atoms with Crippen LogP contribution in [-0.4, -0.2) is 48.4 Å². The average molecular weight is 312 g/mol. The average Bonchev–Trinajstić information content (AvgIpc) is 2.39. The second-order valence-corrected chi connectivity index (χ2v) is 6.67. The SMILES string of the molecule is COC(=O)N[C@H](C(=O)N1CC[C@H]1CC(=O)CC(C)C)C(C)C. The standard InChI is InChI=1S/C16H28N2O4/c1-10(2)8-13(19)9-12-6-7-18(12)15(20)14(11(3)4)17-16(21)22-5/h10-12,14H,6-9H2,1-5H3,(H,17,21)/t12-,14-/m0/s1. The Morgan fingerprint density at radius 3 is 2.27 bits per heavy atom. The summed E-state index contributed by atoms with van der Waals surface area (Å²) in [6, 6.07) is -0.644. The molecule has 0 unspecified atom stereocenters. The number of amides is 2. The maximum absolute atomic E-state index is 12.6. The number of carbonyl (C=O) groups excluding carboxylic acids is 3. The Bertz CT molecular complexity index is 420. The number of likely N-dealkylation sites (tertiary alicyclic amines) is 1. The van der Waals surface area contributed by atoms with E-state index in [1.807, 2.05) is 27.7 Å². The lowest BCUT2D eigenvalue weighted by Crippen LogP contribution is -2.59. The third-order valence-corrected chi connectivity index (χ3v) is 3.92. The Kier molecular flexibility index (Phi) is 6.84. The van der Waals surface area contributed by atoms with Gasteiger partial charge in [-0.05, 0) is 18.3 Å². The van der Waals surface area contributed by atoms with Crippen LogP contribution in [0.4, 0.5) is 4.79 Å². The van der Waals surface area contributed by atoms with E-state index < -0.39 is 12.1 Å². The van der Waals surface area contributed by atoms with Crippen LogP contribution < -0.4 is 5.32 Å². The highest BCUT2D eigenvalue weighted by Gasteiger charge is 2.38. The highest BCUT2D eigenvalue weighted by molar-refractivity contribution is 5.87. The second-order valence-electron chi connectivity index (χ2n) is 6.67. The fourth-order valence-corrected chi connectivity index (χ4v) is 2.62. The number of carbonyl (C=O) groups is 3. The van der Waals surface area contributed by atoms with Gasteiger partial charge in [-0.15, -0.1) is 0 Å². The molecule has 1 aliphatic rings. The summed E-state index contributed by atoms with van der Waals surface area (Å²) in [6.45, 7) is 8.41. The zero-order valence-corrected chi connectivity index (χ0v) is 14.2. The van der Waals surface area contributed by atoms with Gasteiger partial charge in [0.15, 0.2) is 0 Å². The highest BCUT2D eigenvalue weighted by Crippen LogP contribution is 2.24. The first-order valence-corrected chi connectivity index (χ1v) is 7.92. The summed E-state index contributed by atoms with van der Waals surface area (Å²) in [5.41, 5.74) is 0. The minimum atomic E-state index is -0.615. The van der Waals surface area contributed by atoms with Crippen molar-refractivity contribution in [2.45, 2.75) is 59.0 Å². The number of hydrogen-bond donors (Lipinski definition) is 1. The predicted octanol–water partition coefficient (Wildman–Crippen LogP) is 1.97. The lowest BCUT2D eigenvalue weighted by Gasteiger charge is -2.43. The van der Waals surface area contributed by atoms with Gasteiger partial charge in [0.25, 0.3) is 0 Å². The molecule has 0 bridgehead atoms. The van der Waals surface area contributed by atoms with Crippen LogP contribution in [0.5, 0.6) is 0 Å². The number of ketones is 1. The number of alkyl carbamates (subject to hydrolysis) is 1. The summed E-state index contributed by atoms with van der Waals surface area (Å²) >= 11 is 0. The van der Waals surface area contributed by atoms with Crippen molar-refractivity contribution in [1.82, 2.24) is 10.2 Å². The third kappa shape index (κ3) is 5.00. The summed E-state index contributed by atoms with van der Waals surface area (Å²) < 4.78 is 4.57. The Balaban J connectivity index is 2.62. The van der Waals surface area contributed by atoms with Gasteiger partial charge in [0.2, 0.25) is 5.91 Å². The van der Waals surface area contributed by atoms with Crippen LogP contribution in [0.15, 0.2) is 0 Å². The van der Waals surface area contributed by atoms with Gasteiger partial charge in [-0.3, -0.25) is 9.59 Å². The van der Waals surface area contributed by atoms with Gasteiger partial charge in [0.05, 0.1) is 7.11 Å². The van der Waals surface area contributed by atoms with Crippen molar-refractivity contribution in [3.8, 4) is 0 Å². The molecule has 1 rings (SSSR count). The number of nitrogens with one attached hydrogen (secondary N) is 1. The molecule has 1 aliphatic heterocycles. The Morgan fingerprint density at radius 1 is 1.23 bits per heavy atom. The van der Waals surface area contributed by atoms with Gasteiger partial charge in [-0.2, -0.15) is 0 Å². The van der Waals surface area contributed by atoms with Crippen molar-refractivity contribution in [3.05, 3.63) is 0 Å². The lowest BCUT2D eigenvalue weighted by atomic mass is 9.91. The fraction of sp³-hybridized carbons (Fsp3) is 0.812. The molecule has 22 heavy (non-hydrogen) atoms. The number of ether oxygens (including phenoxy) is 1. The zero-order valence-electron chi connectivity index (χ0n) is 14.2. The molecular formula is C16H28N2O4. The summed E-state index contributed by atoms with van der Waals surface area (Å²) in [5.74, 6) is 0.355. The van der Waals surface area contributed by atoms with Gasteiger partial charge in [0.1, 0.15) is 11.8 Å². The molecule has 0 aromatic heterocycles. The molecular weight excluding hydrogens is 284 g/mol. The van der Waals surface area contributed by atoms with E-state index in [9.17, 15) is 14.4 Å². The lowest BCUT2D eigenvalue weighted by molar-refractivity contribution is -0.143. The predicted molar refractivity (Wildman–Crippen MR) is 83.4 cm³/mol. The molecule has 0 saturated carbocycles.